The van der Waals surface area contributed by atoms with Crippen molar-refractivity contribution in [1.29, 1.82) is 0 Å². The standard InChI is InChI=1S/C35H25OP/c36-35(28-12-4-1-5-13-28)29-24-22-26(23-25-29)32-20-10-14-27-15-11-21-33(34(27)32)37(30-16-6-2-7-17-30)31-18-8-3-9-19-31/h1-25H. The lowest BCUT2D eigenvalue weighted by Gasteiger charge is -2.22. The molecule has 0 saturated carbocycles. The van der Waals surface area contributed by atoms with Crippen molar-refractivity contribution in [2.75, 3.05) is 0 Å². The topological polar surface area (TPSA) is 17.1 Å². The minimum absolute atomic E-state index is 0.0439. The van der Waals surface area contributed by atoms with Gasteiger partial charge in [-0.25, -0.2) is 0 Å². The van der Waals surface area contributed by atoms with Crippen LogP contribution in [-0.2, 0) is 0 Å². The van der Waals surface area contributed by atoms with Gasteiger partial charge in [0, 0.05) is 11.1 Å². The SMILES string of the molecule is O=C(c1ccccc1)c1ccc(-c2cccc3cccc(P(c4ccccc4)c4ccccc4)c23)cc1. The second kappa shape index (κ2) is 10.3. The molecule has 6 aromatic carbocycles. The first-order valence-corrected chi connectivity index (χ1v) is 13.8. The number of rotatable bonds is 6. The molecule has 0 N–H and O–H groups in total. The van der Waals surface area contributed by atoms with Crippen LogP contribution in [0.25, 0.3) is 21.9 Å². The molecule has 0 aromatic heterocycles. The van der Waals surface area contributed by atoms with Crippen molar-refractivity contribution in [3.63, 3.8) is 0 Å². The Morgan fingerprint density at radius 2 is 0.973 bits per heavy atom. The first kappa shape index (κ1) is 23.1. The van der Waals surface area contributed by atoms with Crippen LogP contribution in [0.2, 0.25) is 0 Å². The summed E-state index contributed by atoms with van der Waals surface area (Å²) in [5.41, 5.74) is 3.70. The molecule has 0 fully saturated rings. The monoisotopic (exact) mass is 492 g/mol. The first-order chi connectivity index (χ1) is 18.3. The van der Waals surface area contributed by atoms with Crippen LogP contribution in [0.3, 0.4) is 0 Å². The van der Waals surface area contributed by atoms with E-state index in [-0.39, 0.29) is 5.78 Å². The van der Waals surface area contributed by atoms with Crippen LogP contribution < -0.4 is 15.9 Å². The Hall–Kier alpha value is -4.32. The van der Waals surface area contributed by atoms with E-state index in [0.29, 0.717) is 11.1 Å². The van der Waals surface area contributed by atoms with E-state index in [1.54, 1.807) is 0 Å². The maximum Gasteiger partial charge on any atom is 0.193 e. The zero-order chi connectivity index (χ0) is 25.0. The molecule has 1 nitrogen and oxygen atoms in total. The Labute approximate surface area is 218 Å². The molecule has 0 aliphatic heterocycles. The van der Waals surface area contributed by atoms with Gasteiger partial charge >= 0.3 is 0 Å². The highest BCUT2D eigenvalue weighted by Gasteiger charge is 2.20. The van der Waals surface area contributed by atoms with Gasteiger partial charge in [-0.1, -0.05) is 152 Å². The Morgan fingerprint density at radius 1 is 0.459 bits per heavy atom. The van der Waals surface area contributed by atoms with E-state index in [0.717, 1.165) is 5.56 Å². The molecule has 0 aliphatic carbocycles. The van der Waals surface area contributed by atoms with Crippen molar-refractivity contribution in [2.24, 2.45) is 0 Å². The number of benzene rings is 6. The Balaban J connectivity index is 1.50. The second-order valence-electron chi connectivity index (χ2n) is 8.96. The van der Waals surface area contributed by atoms with Crippen molar-refractivity contribution in [1.82, 2.24) is 0 Å². The van der Waals surface area contributed by atoms with Crippen LogP contribution in [0, 0.1) is 0 Å². The highest BCUT2D eigenvalue weighted by atomic mass is 31.1. The fourth-order valence-corrected chi connectivity index (χ4v) is 7.39. The average Bonchev–Trinajstić information content (AvgIpc) is 2.98. The summed E-state index contributed by atoms with van der Waals surface area (Å²) in [6.07, 6.45) is 0. The maximum atomic E-state index is 13.0. The molecule has 176 valence electrons. The van der Waals surface area contributed by atoms with E-state index < -0.39 is 7.92 Å². The molecule has 0 heterocycles. The largest absolute Gasteiger partial charge is 0.289 e. The number of ketones is 1. The van der Waals surface area contributed by atoms with Crippen molar-refractivity contribution in [2.45, 2.75) is 0 Å². The number of hydrogen-bond acceptors (Lipinski definition) is 1. The molecule has 0 saturated heterocycles. The van der Waals surface area contributed by atoms with Gasteiger partial charge in [0.2, 0.25) is 0 Å². The van der Waals surface area contributed by atoms with Crippen molar-refractivity contribution in [3.05, 3.63) is 163 Å². The van der Waals surface area contributed by atoms with Crippen LogP contribution in [0.1, 0.15) is 15.9 Å². The van der Waals surface area contributed by atoms with Gasteiger partial charge in [0.05, 0.1) is 0 Å². The average molecular weight is 493 g/mol. The Kier molecular flexibility index (Phi) is 6.46. The molecule has 0 bridgehead atoms. The smallest absolute Gasteiger partial charge is 0.193 e. The van der Waals surface area contributed by atoms with Crippen LogP contribution in [0.5, 0.6) is 0 Å². The summed E-state index contributed by atoms with van der Waals surface area (Å²) in [4.78, 5) is 13.0. The fraction of sp³-hybridized carbons (Fsp3) is 0. The number of carbonyl (C=O) groups excluding carboxylic acids is 1. The summed E-state index contributed by atoms with van der Waals surface area (Å²) in [6, 6.07) is 52.3. The molecule has 0 atom stereocenters. The molecular formula is C35H25OP. The molecule has 0 aliphatic rings. The highest BCUT2D eigenvalue weighted by Crippen LogP contribution is 2.39. The van der Waals surface area contributed by atoms with E-state index in [2.05, 4.69) is 109 Å². The highest BCUT2D eigenvalue weighted by molar-refractivity contribution is 7.80. The van der Waals surface area contributed by atoms with E-state index in [9.17, 15) is 4.79 Å². The lowest BCUT2D eigenvalue weighted by atomic mass is 9.96. The molecule has 0 amide bonds. The minimum Gasteiger partial charge on any atom is -0.289 e. The van der Waals surface area contributed by atoms with Crippen molar-refractivity contribution in [3.8, 4) is 11.1 Å². The summed E-state index contributed by atoms with van der Waals surface area (Å²) < 4.78 is 0. The van der Waals surface area contributed by atoms with Gasteiger partial charge in [0.15, 0.2) is 5.78 Å². The van der Waals surface area contributed by atoms with E-state index >= 15 is 0 Å². The molecule has 6 rings (SSSR count). The van der Waals surface area contributed by atoms with Gasteiger partial charge < -0.3 is 0 Å². The Morgan fingerprint density at radius 3 is 1.57 bits per heavy atom. The van der Waals surface area contributed by atoms with Crippen LogP contribution in [0.15, 0.2) is 152 Å². The maximum absolute atomic E-state index is 13.0. The van der Waals surface area contributed by atoms with E-state index in [4.69, 9.17) is 0 Å². The quantitative estimate of drug-likeness (QED) is 0.174. The predicted octanol–water partition coefficient (Wildman–Crippen LogP) is 7.50. The van der Waals surface area contributed by atoms with Gasteiger partial charge in [-0.15, -0.1) is 0 Å². The lowest BCUT2D eigenvalue weighted by molar-refractivity contribution is 0.103. The minimum atomic E-state index is -0.753. The zero-order valence-electron chi connectivity index (χ0n) is 20.3. The summed E-state index contributed by atoms with van der Waals surface area (Å²) >= 11 is 0. The van der Waals surface area contributed by atoms with Crippen molar-refractivity contribution < 1.29 is 4.79 Å². The van der Waals surface area contributed by atoms with Gasteiger partial charge in [-0.3, -0.25) is 4.79 Å². The summed E-state index contributed by atoms with van der Waals surface area (Å²) in [6.45, 7) is 0. The zero-order valence-corrected chi connectivity index (χ0v) is 21.2. The molecular weight excluding hydrogens is 467 g/mol. The van der Waals surface area contributed by atoms with Crippen LogP contribution in [-0.4, -0.2) is 5.78 Å². The predicted molar refractivity (Wildman–Crippen MR) is 158 cm³/mol. The fourth-order valence-electron chi connectivity index (χ4n) is 4.89. The summed E-state index contributed by atoms with van der Waals surface area (Å²) in [7, 11) is -0.753. The van der Waals surface area contributed by atoms with Crippen molar-refractivity contribution >= 4 is 40.4 Å². The lowest BCUT2D eigenvalue weighted by Crippen LogP contribution is -2.21. The Bertz CT molecular complexity index is 1610. The number of carbonyl (C=O) groups is 1. The van der Waals surface area contributed by atoms with Gasteiger partial charge in [-0.05, 0) is 45.7 Å². The van der Waals surface area contributed by atoms with Crippen LogP contribution in [0.4, 0.5) is 0 Å². The van der Waals surface area contributed by atoms with Gasteiger partial charge in [0.1, 0.15) is 0 Å². The van der Waals surface area contributed by atoms with Gasteiger partial charge in [0.25, 0.3) is 0 Å². The molecule has 2 heteroatoms. The van der Waals surface area contributed by atoms with Gasteiger partial charge in [-0.2, -0.15) is 0 Å². The molecule has 37 heavy (non-hydrogen) atoms. The third-order valence-electron chi connectivity index (χ3n) is 6.65. The van der Waals surface area contributed by atoms with E-state index in [1.807, 2.05) is 42.5 Å². The first-order valence-electron chi connectivity index (χ1n) is 12.4. The van der Waals surface area contributed by atoms with E-state index in [1.165, 1.54) is 32.2 Å². The summed E-state index contributed by atoms with van der Waals surface area (Å²) in [5, 5.41) is 6.49. The number of hydrogen-bond donors (Lipinski definition) is 0. The third kappa shape index (κ3) is 4.62. The van der Waals surface area contributed by atoms with Crippen LogP contribution >= 0.6 is 7.92 Å². The normalized spacial score (nSPS) is 11.1. The molecule has 0 unspecified atom stereocenters. The molecule has 0 radical (unpaired) electrons. The molecule has 0 spiro atoms. The number of fused-ring (bicyclic) bond motifs is 1. The molecule has 6 aromatic rings. The third-order valence-corrected chi connectivity index (χ3v) is 9.13. The summed E-state index contributed by atoms with van der Waals surface area (Å²) in [5.74, 6) is 0.0439. The second-order valence-corrected chi connectivity index (χ2v) is 11.1.